The molecule has 1 aliphatic carbocycles. The Labute approximate surface area is 139 Å². The number of carbonyl (C=O) groups is 1. The molecule has 2 rings (SSSR count). The first-order chi connectivity index (χ1) is 9.90. The summed E-state index contributed by atoms with van der Waals surface area (Å²) in [6.07, 6.45) is 4.91. The number of nitrogens with one attached hydrogen (secondary N) is 1. The summed E-state index contributed by atoms with van der Waals surface area (Å²) in [4.78, 5) is 12.4. The van der Waals surface area contributed by atoms with Gasteiger partial charge in [0.2, 0.25) is 5.91 Å². The van der Waals surface area contributed by atoms with Crippen LogP contribution in [0.4, 0.5) is 5.69 Å². The maximum Gasteiger partial charge on any atom is 0.244 e. The van der Waals surface area contributed by atoms with E-state index in [1.807, 2.05) is 39.0 Å². The number of anilines is 1. The van der Waals surface area contributed by atoms with E-state index in [4.69, 9.17) is 10.5 Å². The predicted molar refractivity (Wildman–Crippen MR) is 92.8 cm³/mol. The summed E-state index contributed by atoms with van der Waals surface area (Å²) in [6, 6.07) is 5.70. The molecule has 22 heavy (non-hydrogen) atoms. The molecule has 1 saturated carbocycles. The maximum atomic E-state index is 12.4. The zero-order valence-corrected chi connectivity index (χ0v) is 14.5. The van der Waals surface area contributed by atoms with Gasteiger partial charge in [-0.05, 0) is 57.4 Å². The van der Waals surface area contributed by atoms with Gasteiger partial charge >= 0.3 is 0 Å². The van der Waals surface area contributed by atoms with Crippen LogP contribution in [-0.2, 0) is 4.79 Å². The topological polar surface area (TPSA) is 64.4 Å². The number of hydrogen-bond donors (Lipinski definition) is 2. The molecular formula is C17H27ClN2O2. The van der Waals surface area contributed by atoms with Crippen LogP contribution < -0.4 is 15.8 Å². The molecule has 0 aromatic heterocycles. The number of hydrogen-bond acceptors (Lipinski definition) is 3. The monoisotopic (exact) mass is 326 g/mol. The lowest BCUT2D eigenvalue weighted by molar-refractivity contribution is -0.122. The van der Waals surface area contributed by atoms with E-state index in [0.29, 0.717) is 0 Å². The molecule has 1 aromatic rings. The van der Waals surface area contributed by atoms with Gasteiger partial charge in [-0.1, -0.05) is 19.3 Å². The van der Waals surface area contributed by atoms with Gasteiger partial charge in [0, 0.05) is 5.69 Å². The van der Waals surface area contributed by atoms with Crippen LogP contribution in [0.2, 0.25) is 0 Å². The highest BCUT2D eigenvalue weighted by Crippen LogP contribution is 2.28. The standard InChI is InChI=1S/C17H26N2O2.ClH/c1-12(2)21-15-8-7-14(11-13(15)3)19-16(20)17(18)9-5-4-6-10-17;/h7-8,11-12H,4-6,9-10,18H2,1-3H3,(H,19,20);1H. The molecule has 3 N–H and O–H groups in total. The Hall–Kier alpha value is -1.26. The molecule has 0 saturated heterocycles. The lowest BCUT2D eigenvalue weighted by Crippen LogP contribution is -2.52. The number of ether oxygens (including phenoxy) is 1. The zero-order chi connectivity index (χ0) is 15.5. The van der Waals surface area contributed by atoms with Gasteiger partial charge in [0.1, 0.15) is 5.75 Å². The molecule has 5 heteroatoms. The fourth-order valence-electron chi connectivity index (χ4n) is 2.78. The third kappa shape index (κ3) is 4.62. The Kier molecular flexibility index (Phi) is 6.69. The Bertz CT molecular complexity index is 511. The number of aryl methyl sites for hydroxylation is 1. The minimum Gasteiger partial charge on any atom is -0.491 e. The molecule has 0 aliphatic heterocycles. The molecule has 4 nitrogen and oxygen atoms in total. The van der Waals surface area contributed by atoms with E-state index < -0.39 is 5.54 Å². The first-order valence-corrected chi connectivity index (χ1v) is 7.78. The van der Waals surface area contributed by atoms with E-state index >= 15 is 0 Å². The van der Waals surface area contributed by atoms with E-state index in [1.165, 1.54) is 6.42 Å². The summed E-state index contributed by atoms with van der Waals surface area (Å²) >= 11 is 0. The van der Waals surface area contributed by atoms with Gasteiger partial charge in [0.15, 0.2) is 0 Å². The smallest absolute Gasteiger partial charge is 0.244 e. The summed E-state index contributed by atoms with van der Waals surface area (Å²) in [5.74, 6) is 0.780. The number of carbonyl (C=O) groups excluding carboxylic acids is 1. The van der Waals surface area contributed by atoms with E-state index in [1.54, 1.807) is 0 Å². The van der Waals surface area contributed by atoms with Crippen molar-refractivity contribution >= 4 is 24.0 Å². The first-order valence-electron chi connectivity index (χ1n) is 7.78. The van der Waals surface area contributed by atoms with E-state index in [-0.39, 0.29) is 24.4 Å². The molecule has 0 unspecified atom stereocenters. The lowest BCUT2D eigenvalue weighted by atomic mass is 9.82. The average Bonchev–Trinajstić information content (AvgIpc) is 2.42. The van der Waals surface area contributed by atoms with Gasteiger partial charge in [0.25, 0.3) is 0 Å². The quantitative estimate of drug-likeness (QED) is 0.884. The van der Waals surface area contributed by atoms with Gasteiger partial charge in [-0.25, -0.2) is 0 Å². The number of amides is 1. The van der Waals surface area contributed by atoms with Crippen LogP contribution in [0.25, 0.3) is 0 Å². The van der Waals surface area contributed by atoms with Crippen LogP contribution in [0.3, 0.4) is 0 Å². The molecule has 0 atom stereocenters. The predicted octanol–water partition coefficient (Wildman–Crippen LogP) is 3.80. The van der Waals surface area contributed by atoms with Crippen LogP contribution in [-0.4, -0.2) is 17.6 Å². The van der Waals surface area contributed by atoms with Gasteiger partial charge in [-0.15, -0.1) is 12.4 Å². The highest BCUT2D eigenvalue weighted by Gasteiger charge is 2.35. The molecule has 124 valence electrons. The van der Waals surface area contributed by atoms with Crippen molar-refractivity contribution in [3.8, 4) is 5.75 Å². The van der Waals surface area contributed by atoms with Crippen molar-refractivity contribution < 1.29 is 9.53 Å². The van der Waals surface area contributed by atoms with Crippen molar-refractivity contribution in [2.24, 2.45) is 5.73 Å². The first kappa shape index (κ1) is 18.8. The molecule has 1 aromatic carbocycles. The SMILES string of the molecule is Cc1cc(NC(=O)C2(N)CCCCC2)ccc1OC(C)C.Cl. The van der Waals surface area contributed by atoms with Crippen molar-refractivity contribution in [2.75, 3.05) is 5.32 Å². The van der Waals surface area contributed by atoms with Gasteiger partial charge in [-0.2, -0.15) is 0 Å². The van der Waals surface area contributed by atoms with Crippen LogP contribution in [0.15, 0.2) is 18.2 Å². The largest absolute Gasteiger partial charge is 0.491 e. The number of benzene rings is 1. The fraction of sp³-hybridized carbons (Fsp3) is 0.588. The Balaban J connectivity index is 0.00000242. The molecule has 0 bridgehead atoms. The maximum absolute atomic E-state index is 12.4. The summed E-state index contributed by atoms with van der Waals surface area (Å²) in [5, 5.41) is 2.95. The third-order valence-electron chi connectivity index (χ3n) is 3.99. The summed E-state index contributed by atoms with van der Waals surface area (Å²) in [5.41, 5.74) is 7.33. The minimum absolute atomic E-state index is 0. The summed E-state index contributed by atoms with van der Waals surface area (Å²) < 4.78 is 5.70. The second kappa shape index (κ2) is 7.84. The van der Waals surface area contributed by atoms with Crippen LogP contribution in [0.5, 0.6) is 5.75 Å². The minimum atomic E-state index is -0.709. The Morgan fingerprint density at radius 1 is 1.27 bits per heavy atom. The fourth-order valence-corrected chi connectivity index (χ4v) is 2.78. The number of rotatable bonds is 4. The van der Waals surface area contributed by atoms with E-state index in [9.17, 15) is 4.79 Å². The van der Waals surface area contributed by atoms with Gasteiger partial charge in [0.05, 0.1) is 11.6 Å². The lowest BCUT2D eigenvalue weighted by Gasteiger charge is -2.31. The number of halogens is 1. The second-order valence-corrected chi connectivity index (χ2v) is 6.32. The average molecular weight is 327 g/mol. The van der Waals surface area contributed by atoms with Gasteiger partial charge in [-0.3, -0.25) is 4.79 Å². The molecular weight excluding hydrogens is 300 g/mol. The molecule has 0 radical (unpaired) electrons. The highest BCUT2D eigenvalue weighted by molar-refractivity contribution is 5.98. The van der Waals surface area contributed by atoms with Crippen LogP contribution in [0, 0.1) is 6.92 Å². The van der Waals surface area contributed by atoms with Crippen LogP contribution >= 0.6 is 12.4 Å². The molecule has 0 spiro atoms. The highest BCUT2D eigenvalue weighted by atomic mass is 35.5. The van der Waals surface area contributed by atoms with Gasteiger partial charge < -0.3 is 15.8 Å². The van der Waals surface area contributed by atoms with Crippen molar-refractivity contribution in [1.82, 2.24) is 0 Å². The van der Waals surface area contributed by atoms with Crippen molar-refractivity contribution in [3.05, 3.63) is 23.8 Å². The van der Waals surface area contributed by atoms with Crippen molar-refractivity contribution in [2.45, 2.75) is 64.5 Å². The van der Waals surface area contributed by atoms with Crippen molar-refractivity contribution in [3.63, 3.8) is 0 Å². The Morgan fingerprint density at radius 3 is 2.45 bits per heavy atom. The van der Waals surface area contributed by atoms with E-state index in [0.717, 1.165) is 42.7 Å². The van der Waals surface area contributed by atoms with Crippen LogP contribution in [0.1, 0.15) is 51.5 Å². The molecule has 0 heterocycles. The third-order valence-corrected chi connectivity index (χ3v) is 3.99. The Morgan fingerprint density at radius 2 is 1.91 bits per heavy atom. The van der Waals surface area contributed by atoms with E-state index in [2.05, 4.69) is 5.32 Å². The summed E-state index contributed by atoms with van der Waals surface area (Å²) in [6.45, 7) is 5.97. The van der Waals surface area contributed by atoms with Crippen molar-refractivity contribution in [1.29, 1.82) is 0 Å². The summed E-state index contributed by atoms with van der Waals surface area (Å²) in [7, 11) is 0. The molecule has 1 amide bonds. The normalized spacial score (nSPS) is 16.8. The molecule has 1 aliphatic rings. The zero-order valence-electron chi connectivity index (χ0n) is 13.6. The second-order valence-electron chi connectivity index (χ2n) is 6.32. The number of nitrogens with two attached hydrogens (primary N) is 1. The molecule has 1 fully saturated rings.